The molecule has 0 aliphatic rings. The van der Waals surface area contributed by atoms with Gasteiger partial charge in [0.15, 0.2) is 5.75 Å². The fourth-order valence-corrected chi connectivity index (χ4v) is 6.37. The molecule has 50 heavy (non-hydrogen) atoms. The standard InChI is InChI=1S/C29H19ClN8O10S2/c30-27-33-28(31-15-4-2-1-3-5-15)35-29(34-27)32-16-6-8-18-14(10-16)11-23(50(46,47)48)25(26(18)40)37-36-24-19-9-7-17(38(41)42)12-20(19)22(13-21(24)39)49(43,44)45/h1-13,39-40H,(H,43,44,45)(H,46,47,48)(H2,31,32,33,34,35). The summed E-state index contributed by atoms with van der Waals surface area (Å²) in [6, 6.07) is 17.6. The quantitative estimate of drug-likeness (QED) is 0.0397. The van der Waals surface area contributed by atoms with E-state index in [1.165, 1.54) is 18.2 Å². The zero-order chi connectivity index (χ0) is 36.0. The number of phenolic OH excluding ortho intramolecular Hbond substituents is 2. The molecule has 21 heteroatoms. The van der Waals surface area contributed by atoms with Crippen LogP contribution >= 0.6 is 11.6 Å². The predicted octanol–water partition coefficient (Wildman–Crippen LogP) is 6.55. The summed E-state index contributed by atoms with van der Waals surface area (Å²) < 4.78 is 68.6. The Labute approximate surface area is 285 Å². The number of nitrogens with one attached hydrogen (secondary N) is 2. The number of azo groups is 1. The lowest BCUT2D eigenvalue weighted by molar-refractivity contribution is -0.384. The summed E-state index contributed by atoms with van der Waals surface area (Å²) in [5, 5.41) is 45.8. The van der Waals surface area contributed by atoms with Crippen molar-refractivity contribution >= 4 is 93.7 Å². The molecule has 0 saturated carbocycles. The first-order valence-corrected chi connectivity index (χ1v) is 17.0. The van der Waals surface area contributed by atoms with Crippen molar-refractivity contribution in [1.82, 2.24) is 15.0 Å². The second kappa shape index (κ2) is 12.8. The summed E-state index contributed by atoms with van der Waals surface area (Å²) >= 11 is 6.08. The third-order valence-electron chi connectivity index (χ3n) is 7.00. The van der Waals surface area contributed by atoms with Crippen LogP contribution in [0.5, 0.6) is 11.5 Å². The highest BCUT2D eigenvalue weighted by Gasteiger charge is 2.25. The number of non-ortho nitro benzene ring substituents is 1. The molecule has 6 aromatic rings. The van der Waals surface area contributed by atoms with E-state index < -0.39 is 68.9 Å². The molecule has 6 rings (SSSR count). The maximum absolute atomic E-state index is 12.5. The molecule has 0 fully saturated rings. The Morgan fingerprint density at radius 3 is 1.96 bits per heavy atom. The highest BCUT2D eigenvalue weighted by molar-refractivity contribution is 7.86. The number of phenols is 2. The topological polar surface area (TPSA) is 280 Å². The SMILES string of the molecule is O=[N+]([O-])c1ccc2c(N=Nc3c(S(=O)(=O)O)cc4cc(Nc5nc(Cl)nc(Nc6ccccc6)n5)ccc4c3O)c(O)cc(S(=O)(=O)O)c2c1. The Hall–Kier alpha value is -6.06. The average molecular weight is 739 g/mol. The third-order valence-corrected chi connectivity index (χ3v) is 8.93. The number of rotatable bonds is 9. The number of hydrogen-bond acceptors (Lipinski definition) is 15. The van der Waals surface area contributed by atoms with E-state index in [-0.39, 0.29) is 33.3 Å². The first-order valence-electron chi connectivity index (χ1n) is 13.7. The molecule has 0 atom stereocenters. The first-order chi connectivity index (χ1) is 23.6. The zero-order valence-electron chi connectivity index (χ0n) is 24.6. The number of aromatic hydroxyl groups is 2. The molecule has 1 aromatic heterocycles. The monoisotopic (exact) mass is 738 g/mol. The van der Waals surface area contributed by atoms with Gasteiger partial charge >= 0.3 is 0 Å². The van der Waals surface area contributed by atoms with Gasteiger partial charge in [-0.15, -0.1) is 10.2 Å². The Bertz CT molecular complexity index is 2630. The number of para-hydroxylation sites is 1. The van der Waals surface area contributed by atoms with Crippen molar-refractivity contribution in [3.05, 3.63) is 94.3 Å². The van der Waals surface area contributed by atoms with Crippen LogP contribution in [0.15, 0.2) is 98.9 Å². The maximum Gasteiger partial charge on any atom is 0.296 e. The predicted molar refractivity (Wildman–Crippen MR) is 180 cm³/mol. The summed E-state index contributed by atoms with van der Waals surface area (Å²) in [4.78, 5) is 21.0. The van der Waals surface area contributed by atoms with Crippen molar-refractivity contribution in [3.63, 3.8) is 0 Å². The number of fused-ring (bicyclic) bond motifs is 2. The van der Waals surface area contributed by atoms with Crippen LogP contribution in [-0.4, -0.2) is 56.0 Å². The van der Waals surface area contributed by atoms with Crippen LogP contribution in [0.1, 0.15) is 0 Å². The van der Waals surface area contributed by atoms with Gasteiger partial charge < -0.3 is 20.8 Å². The van der Waals surface area contributed by atoms with Crippen molar-refractivity contribution in [2.24, 2.45) is 10.2 Å². The minimum atomic E-state index is -5.10. The van der Waals surface area contributed by atoms with Crippen molar-refractivity contribution < 1.29 is 41.1 Å². The Kier molecular flexibility index (Phi) is 8.63. The highest BCUT2D eigenvalue weighted by atomic mass is 35.5. The minimum absolute atomic E-state index is 0.00445. The van der Waals surface area contributed by atoms with Gasteiger partial charge in [0.25, 0.3) is 25.9 Å². The normalized spacial score (nSPS) is 12.1. The van der Waals surface area contributed by atoms with Gasteiger partial charge in [-0.25, -0.2) is 0 Å². The summed E-state index contributed by atoms with van der Waals surface area (Å²) in [5.41, 5.74) is -0.872. The molecular weight excluding hydrogens is 720 g/mol. The second-order valence-electron chi connectivity index (χ2n) is 10.3. The lowest BCUT2D eigenvalue weighted by Gasteiger charge is -2.12. The molecule has 0 unspecified atom stereocenters. The van der Waals surface area contributed by atoms with Crippen molar-refractivity contribution in [3.8, 4) is 11.5 Å². The number of nitro benzene ring substituents is 1. The second-order valence-corrected chi connectivity index (χ2v) is 13.4. The van der Waals surface area contributed by atoms with Gasteiger partial charge in [0, 0.05) is 45.7 Å². The van der Waals surface area contributed by atoms with E-state index in [1.54, 1.807) is 24.3 Å². The van der Waals surface area contributed by atoms with E-state index in [9.17, 15) is 46.3 Å². The first kappa shape index (κ1) is 33.8. The Morgan fingerprint density at radius 1 is 0.700 bits per heavy atom. The fourth-order valence-electron chi connectivity index (χ4n) is 4.85. The van der Waals surface area contributed by atoms with Gasteiger partial charge in [0.1, 0.15) is 26.9 Å². The molecule has 254 valence electrons. The molecule has 1 heterocycles. The van der Waals surface area contributed by atoms with Crippen LogP contribution in [0.3, 0.4) is 0 Å². The maximum atomic E-state index is 12.5. The summed E-state index contributed by atoms with van der Waals surface area (Å²) in [5.74, 6) is -1.53. The van der Waals surface area contributed by atoms with E-state index in [1.807, 2.05) is 6.07 Å². The molecule has 5 aromatic carbocycles. The number of anilines is 4. The number of nitrogens with zero attached hydrogens (tertiary/aromatic N) is 6. The molecule has 0 aliphatic carbocycles. The van der Waals surface area contributed by atoms with Crippen molar-refractivity contribution in [2.75, 3.05) is 10.6 Å². The Morgan fingerprint density at radius 2 is 1.32 bits per heavy atom. The van der Waals surface area contributed by atoms with Crippen molar-refractivity contribution in [2.45, 2.75) is 9.79 Å². The van der Waals surface area contributed by atoms with Crippen LogP contribution in [0, 0.1) is 10.1 Å². The number of aromatic nitrogens is 3. The Balaban J connectivity index is 1.42. The largest absolute Gasteiger partial charge is 0.506 e. The van der Waals surface area contributed by atoms with Gasteiger partial charge in [0.2, 0.25) is 17.2 Å². The molecule has 0 spiro atoms. The van der Waals surface area contributed by atoms with Crippen LogP contribution in [0.4, 0.5) is 40.3 Å². The average Bonchev–Trinajstić information content (AvgIpc) is 3.03. The summed E-state index contributed by atoms with van der Waals surface area (Å²) in [7, 11) is -10.1. The fraction of sp³-hybridized carbons (Fsp3) is 0. The van der Waals surface area contributed by atoms with E-state index in [0.29, 0.717) is 17.4 Å². The smallest absolute Gasteiger partial charge is 0.296 e. The minimum Gasteiger partial charge on any atom is -0.506 e. The van der Waals surface area contributed by atoms with Gasteiger partial charge in [-0.05, 0) is 59.5 Å². The molecule has 0 aliphatic heterocycles. The van der Waals surface area contributed by atoms with Crippen LogP contribution in [0.25, 0.3) is 21.5 Å². The molecule has 0 saturated heterocycles. The van der Waals surface area contributed by atoms with E-state index in [0.717, 1.165) is 24.3 Å². The molecule has 18 nitrogen and oxygen atoms in total. The van der Waals surface area contributed by atoms with Gasteiger partial charge in [0.05, 0.1) is 4.92 Å². The van der Waals surface area contributed by atoms with E-state index >= 15 is 0 Å². The van der Waals surface area contributed by atoms with Crippen LogP contribution in [-0.2, 0) is 20.2 Å². The van der Waals surface area contributed by atoms with Crippen LogP contribution in [0.2, 0.25) is 5.28 Å². The third kappa shape index (κ3) is 6.90. The van der Waals surface area contributed by atoms with Crippen molar-refractivity contribution in [1.29, 1.82) is 0 Å². The molecule has 0 bridgehead atoms. The van der Waals surface area contributed by atoms with Gasteiger partial charge in [-0.3, -0.25) is 19.2 Å². The zero-order valence-corrected chi connectivity index (χ0v) is 27.0. The molecular formula is C29H19ClN8O10S2. The lowest BCUT2D eigenvalue weighted by atomic mass is 10.1. The molecule has 0 amide bonds. The highest BCUT2D eigenvalue weighted by Crippen LogP contribution is 2.45. The van der Waals surface area contributed by atoms with Gasteiger partial charge in [-0.2, -0.15) is 31.8 Å². The summed E-state index contributed by atoms with van der Waals surface area (Å²) in [6.45, 7) is 0. The number of benzene rings is 5. The van der Waals surface area contributed by atoms with E-state index in [4.69, 9.17) is 11.6 Å². The van der Waals surface area contributed by atoms with E-state index in [2.05, 4.69) is 35.8 Å². The van der Waals surface area contributed by atoms with Crippen LogP contribution < -0.4 is 10.6 Å². The lowest BCUT2D eigenvalue weighted by Crippen LogP contribution is -2.04. The molecule has 6 N–H and O–H groups in total. The van der Waals surface area contributed by atoms with Gasteiger partial charge in [-0.1, -0.05) is 18.2 Å². The molecule has 0 radical (unpaired) electrons. The number of nitro groups is 1. The number of hydrogen-bond donors (Lipinski definition) is 6. The summed E-state index contributed by atoms with van der Waals surface area (Å²) in [6.07, 6.45) is 0. The number of halogens is 1.